The Kier molecular flexibility index (Phi) is 3.24. The summed E-state index contributed by atoms with van der Waals surface area (Å²) in [6, 6.07) is 0. The molecular weight excluding hydrogens is 158 g/mol. The minimum absolute atomic E-state index is 0.186. The molecule has 0 aromatic heterocycles. The summed E-state index contributed by atoms with van der Waals surface area (Å²) in [7, 11) is 1.52. The van der Waals surface area contributed by atoms with E-state index in [-0.39, 0.29) is 6.42 Å². The first-order valence-electron chi connectivity index (χ1n) is 3.79. The lowest BCUT2D eigenvalue weighted by Gasteiger charge is -2.30. The van der Waals surface area contributed by atoms with Gasteiger partial charge in [-0.1, -0.05) is 0 Å². The molecule has 0 bridgehead atoms. The van der Waals surface area contributed by atoms with Crippen LogP contribution in [0, 0.1) is 0 Å². The van der Waals surface area contributed by atoms with Gasteiger partial charge in [0.25, 0.3) is 0 Å². The van der Waals surface area contributed by atoms with Gasteiger partial charge in [0.05, 0.1) is 5.60 Å². The van der Waals surface area contributed by atoms with Crippen LogP contribution in [0.25, 0.3) is 0 Å². The van der Waals surface area contributed by atoms with Crippen molar-refractivity contribution in [2.45, 2.75) is 38.4 Å². The molecule has 4 nitrogen and oxygen atoms in total. The van der Waals surface area contributed by atoms with E-state index in [2.05, 4.69) is 0 Å². The molecule has 0 radical (unpaired) electrons. The largest absolute Gasteiger partial charge is 0.380 e. The molecule has 0 saturated carbocycles. The van der Waals surface area contributed by atoms with E-state index >= 15 is 0 Å². The highest BCUT2D eigenvalue weighted by Crippen LogP contribution is 2.22. The standard InChI is InChI=1S/C8H17NO3/c1-7(2,12-4)5-8(3,11)6(9)10/h11H,5H2,1-4H3,(H2,9,10). The summed E-state index contributed by atoms with van der Waals surface area (Å²) in [4.78, 5) is 10.7. The highest BCUT2D eigenvalue weighted by Gasteiger charge is 2.35. The Labute approximate surface area is 72.7 Å². The molecular formula is C8H17NO3. The predicted molar refractivity (Wildman–Crippen MR) is 45.5 cm³/mol. The maximum atomic E-state index is 10.7. The lowest BCUT2D eigenvalue weighted by molar-refractivity contribution is -0.141. The quantitative estimate of drug-likeness (QED) is 0.633. The first kappa shape index (κ1) is 11.4. The summed E-state index contributed by atoms with van der Waals surface area (Å²) in [5, 5.41) is 9.50. The van der Waals surface area contributed by atoms with E-state index in [4.69, 9.17) is 10.5 Å². The number of nitrogens with two attached hydrogens (primary N) is 1. The van der Waals surface area contributed by atoms with Crippen LogP contribution in [0.2, 0.25) is 0 Å². The van der Waals surface area contributed by atoms with Gasteiger partial charge >= 0.3 is 0 Å². The van der Waals surface area contributed by atoms with Crippen LogP contribution < -0.4 is 5.73 Å². The maximum absolute atomic E-state index is 10.7. The van der Waals surface area contributed by atoms with Gasteiger partial charge in [0.2, 0.25) is 5.91 Å². The smallest absolute Gasteiger partial charge is 0.249 e. The van der Waals surface area contributed by atoms with Crippen molar-refractivity contribution in [1.82, 2.24) is 0 Å². The van der Waals surface area contributed by atoms with E-state index in [1.807, 2.05) is 0 Å². The van der Waals surface area contributed by atoms with Crippen molar-refractivity contribution in [2.24, 2.45) is 5.73 Å². The number of hydrogen-bond donors (Lipinski definition) is 2. The number of primary amides is 1. The normalized spacial score (nSPS) is 17.1. The lowest BCUT2D eigenvalue weighted by Crippen LogP contribution is -2.46. The zero-order chi connectivity index (χ0) is 9.99. The van der Waals surface area contributed by atoms with E-state index in [1.54, 1.807) is 13.8 Å². The van der Waals surface area contributed by atoms with Crippen LogP contribution in [0.5, 0.6) is 0 Å². The van der Waals surface area contributed by atoms with Crippen molar-refractivity contribution >= 4 is 5.91 Å². The van der Waals surface area contributed by atoms with Gasteiger partial charge in [-0.3, -0.25) is 4.79 Å². The monoisotopic (exact) mass is 175 g/mol. The Hall–Kier alpha value is -0.610. The number of carbonyl (C=O) groups is 1. The molecule has 1 amide bonds. The van der Waals surface area contributed by atoms with Gasteiger partial charge in [0, 0.05) is 13.5 Å². The number of aliphatic hydroxyl groups is 1. The second-order valence-electron chi connectivity index (χ2n) is 3.78. The van der Waals surface area contributed by atoms with Crippen LogP contribution in [0.1, 0.15) is 27.2 Å². The number of amides is 1. The van der Waals surface area contributed by atoms with Gasteiger partial charge in [-0.25, -0.2) is 0 Å². The number of rotatable bonds is 4. The average Bonchev–Trinajstić information content (AvgIpc) is 1.85. The summed E-state index contributed by atoms with van der Waals surface area (Å²) in [6.07, 6.45) is 0.186. The van der Waals surface area contributed by atoms with Gasteiger partial charge in [-0.2, -0.15) is 0 Å². The van der Waals surface area contributed by atoms with E-state index in [1.165, 1.54) is 14.0 Å². The molecule has 0 aliphatic rings. The van der Waals surface area contributed by atoms with Crippen LogP contribution in [-0.2, 0) is 9.53 Å². The Morgan fingerprint density at radius 1 is 1.50 bits per heavy atom. The molecule has 0 saturated heterocycles. The minimum Gasteiger partial charge on any atom is -0.380 e. The SMILES string of the molecule is COC(C)(C)CC(C)(O)C(N)=O. The molecule has 0 heterocycles. The van der Waals surface area contributed by atoms with Crippen LogP contribution in [0.4, 0.5) is 0 Å². The highest BCUT2D eigenvalue weighted by molar-refractivity contribution is 5.82. The van der Waals surface area contributed by atoms with Gasteiger partial charge in [-0.05, 0) is 20.8 Å². The van der Waals surface area contributed by atoms with Gasteiger partial charge in [0.1, 0.15) is 5.60 Å². The number of methoxy groups -OCH3 is 1. The van der Waals surface area contributed by atoms with Crippen LogP contribution in [0.15, 0.2) is 0 Å². The fourth-order valence-corrected chi connectivity index (χ4v) is 0.988. The third-order valence-corrected chi connectivity index (χ3v) is 1.85. The molecule has 0 aromatic carbocycles. The van der Waals surface area contributed by atoms with Crippen molar-refractivity contribution < 1.29 is 14.6 Å². The number of hydrogen-bond acceptors (Lipinski definition) is 3. The third kappa shape index (κ3) is 3.19. The molecule has 0 spiro atoms. The zero-order valence-corrected chi connectivity index (χ0v) is 8.05. The van der Waals surface area contributed by atoms with E-state index in [0.29, 0.717) is 0 Å². The summed E-state index contributed by atoms with van der Waals surface area (Å²) in [5.74, 6) is -0.729. The van der Waals surface area contributed by atoms with Crippen LogP contribution >= 0.6 is 0 Å². The third-order valence-electron chi connectivity index (χ3n) is 1.85. The Morgan fingerprint density at radius 3 is 2.17 bits per heavy atom. The van der Waals surface area contributed by atoms with E-state index in [0.717, 1.165) is 0 Å². The average molecular weight is 175 g/mol. The zero-order valence-electron chi connectivity index (χ0n) is 8.05. The molecule has 4 heteroatoms. The molecule has 0 aliphatic carbocycles. The number of ether oxygens (including phenoxy) is 1. The molecule has 0 aromatic rings. The summed E-state index contributed by atoms with van der Waals surface area (Å²) in [6.45, 7) is 4.95. The second-order valence-corrected chi connectivity index (χ2v) is 3.78. The second kappa shape index (κ2) is 3.41. The van der Waals surface area contributed by atoms with Gasteiger partial charge in [-0.15, -0.1) is 0 Å². The maximum Gasteiger partial charge on any atom is 0.249 e. The Balaban J connectivity index is 4.34. The molecule has 0 fully saturated rings. The van der Waals surface area contributed by atoms with E-state index in [9.17, 15) is 9.90 Å². The molecule has 72 valence electrons. The van der Waals surface area contributed by atoms with Gasteiger partial charge in [0.15, 0.2) is 0 Å². The van der Waals surface area contributed by atoms with Crippen molar-refractivity contribution in [3.8, 4) is 0 Å². The molecule has 12 heavy (non-hydrogen) atoms. The fraction of sp³-hybridized carbons (Fsp3) is 0.875. The van der Waals surface area contributed by atoms with Crippen molar-refractivity contribution in [3.63, 3.8) is 0 Å². The molecule has 1 unspecified atom stereocenters. The molecule has 0 aliphatic heterocycles. The van der Waals surface area contributed by atoms with Crippen molar-refractivity contribution in [3.05, 3.63) is 0 Å². The minimum atomic E-state index is -1.50. The van der Waals surface area contributed by atoms with Gasteiger partial charge < -0.3 is 15.6 Å². The highest BCUT2D eigenvalue weighted by atomic mass is 16.5. The van der Waals surface area contributed by atoms with Crippen molar-refractivity contribution in [2.75, 3.05) is 7.11 Å². The molecule has 1 atom stereocenters. The van der Waals surface area contributed by atoms with E-state index < -0.39 is 17.1 Å². The molecule has 3 N–H and O–H groups in total. The predicted octanol–water partition coefficient (Wildman–Crippen LogP) is 0.0378. The first-order valence-corrected chi connectivity index (χ1v) is 3.79. The van der Waals surface area contributed by atoms with Crippen LogP contribution in [0.3, 0.4) is 0 Å². The number of carbonyl (C=O) groups excluding carboxylic acids is 1. The fourth-order valence-electron chi connectivity index (χ4n) is 0.988. The van der Waals surface area contributed by atoms with Crippen molar-refractivity contribution in [1.29, 1.82) is 0 Å². The first-order chi connectivity index (χ1) is 5.21. The molecule has 0 rings (SSSR count). The lowest BCUT2D eigenvalue weighted by atomic mass is 9.90. The van der Waals surface area contributed by atoms with Crippen LogP contribution in [-0.4, -0.2) is 29.3 Å². The Morgan fingerprint density at radius 2 is 1.92 bits per heavy atom. The summed E-state index contributed by atoms with van der Waals surface area (Å²) < 4.78 is 5.06. The summed E-state index contributed by atoms with van der Waals surface area (Å²) >= 11 is 0. The topological polar surface area (TPSA) is 72.6 Å². The Bertz CT molecular complexity index is 175. The summed E-state index contributed by atoms with van der Waals surface area (Å²) in [5.41, 5.74) is 2.94.